The van der Waals surface area contributed by atoms with Crippen molar-refractivity contribution in [1.82, 2.24) is 9.47 Å². The highest BCUT2D eigenvalue weighted by Crippen LogP contribution is 2.30. The number of aromatic nitrogens is 1. The fourth-order valence-corrected chi connectivity index (χ4v) is 3.55. The van der Waals surface area contributed by atoms with Gasteiger partial charge in [-0.05, 0) is 30.5 Å². The van der Waals surface area contributed by atoms with Crippen molar-refractivity contribution in [1.29, 1.82) is 0 Å². The molecule has 6 nitrogen and oxygen atoms in total. The lowest BCUT2D eigenvalue weighted by Gasteiger charge is -2.31. The molecule has 0 N–H and O–H groups in total. The van der Waals surface area contributed by atoms with Crippen molar-refractivity contribution in [3.8, 4) is 0 Å². The van der Waals surface area contributed by atoms with Gasteiger partial charge in [0.1, 0.15) is 0 Å². The van der Waals surface area contributed by atoms with Gasteiger partial charge >= 0.3 is 0 Å². The van der Waals surface area contributed by atoms with E-state index in [1.165, 1.54) is 17.8 Å². The molecule has 1 fully saturated rings. The molecule has 2 aromatic rings. The molecule has 1 saturated heterocycles. The second-order valence-electron chi connectivity index (χ2n) is 6.60. The van der Waals surface area contributed by atoms with Crippen molar-refractivity contribution in [2.45, 2.75) is 38.1 Å². The van der Waals surface area contributed by atoms with Gasteiger partial charge in [0.05, 0.1) is 17.4 Å². The topological polar surface area (TPSA) is 68.4 Å². The van der Waals surface area contributed by atoms with Crippen LogP contribution in [0, 0.1) is 10.1 Å². The van der Waals surface area contributed by atoms with Crippen molar-refractivity contribution >= 4 is 11.6 Å². The Morgan fingerprint density at radius 1 is 1.20 bits per heavy atom. The van der Waals surface area contributed by atoms with Crippen LogP contribution in [0.2, 0.25) is 0 Å². The minimum atomic E-state index is -0.425. The zero-order valence-corrected chi connectivity index (χ0v) is 14.4. The van der Waals surface area contributed by atoms with Crippen LogP contribution in [0.4, 0.5) is 5.69 Å². The summed E-state index contributed by atoms with van der Waals surface area (Å²) >= 11 is 0. The maximum absolute atomic E-state index is 12.9. The average Bonchev–Trinajstić information content (AvgIpc) is 2.87. The Bertz CT molecular complexity index is 752. The molecule has 0 aliphatic carbocycles. The fraction of sp³-hybridized carbons (Fsp3) is 0.421. The lowest BCUT2D eigenvalue weighted by molar-refractivity contribution is -0.384. The molecule has 0 unspecified atom stereocenters. The molecular weight excluding hydrogens is 318 g/mol. The van der Waals surface area contributed by atoms with E-state index in [1.54, 1.807) is 12.1 Å². The Morgan fingerprint density at radius 2 is 1.96 bits per heavy atom. The number of hydrogen-bond acceptors (Lipinski definition) is 3. The number of carbonyl (C=O) groups is 1. The first-order valence-corrected chi connectivity index (χ1v) is 8.70. The maximum Gasteiger partial charge on any atom is 0.269 e. The highest BCUT2D eigenvalue weighted by atomic mass is 16.6. The van der Waals surface area contributed by atoms with Gasteiger partial charge in [0.25, 0.3) is 5.69 Å². The van der Waals surface area contributed by atoms with Gasteiger partial charge in [-0.2, -0.15) is 0 Å². The van der Waals surface area contributed by atoms with Crippen LogP contribution in [0.3, 0.4) is 0 Å². The van der Waals surface area contributed by atoms with Crippen molar-refractivity contribution in [2.75, 3.05) is 6.54 Å². The summed E-state index contributed by atoms with van der Waals surface area (Å²) < 4.78 is 2.09. The Balaban J connectivity index is 1.77. The highest BCUT2D eigenvalue weighted by Gasteiger charge is 2.28. The molecule has 25 heavy (non-hydrogen) atoms. The predicted octanol–water partition coefficient (Wildman–Crippen LogP) is 3.62. The van der Waals surface area contributed by atoms with E-state index in [9.17, 15) is 14.9 Å². The zero-order valence-electron chi connectivity index (χ0n) is 14.4. The van der Waals surface area contributed by atoms with Crippen LogP contribution >= 0.6 is 0 Å². The molecule has 1 aromatic carbocycles. The van der Waals surface area contributed by atoms with Gasteiger partial charge in [-0.1, -0.05) is 25.0 Å². The summed E-state index contributed by atoms with van der Waals surface area (Å²) in [6, 6.07) is 10.5. The molecule has 6 heteroatoms. The summed E-state index contributed by atoms with van der Waals surface area (Å²) in [5, 5.41) is 10.8. The molecule has 0 spiro atoms. The van der Waals surface area contributed by atoms with Gasteiger partial charge in [0.15, 0.2) is 0 Å². The third-order valence-corrected chi connectivity index (χ3v) is 4.90. The van der Waals surface area contributed by atoms with Gasteiger partial charge < -0.3 is 9.47 Å². The second-order valence-corrected chi connectivity index (χ2v) is 6.60. The summed E-state index contributed by atoms with van der Waals surface area (Å²) in [7, 11) is 2.01. The van der Waals surface area contributed by atoms with E-state index in [1.807, 2.05) is 24.2 Å². The molecule has 1 amide bonds. The Kier molecular flexibility index (Phi) is 5.16. The number of rotatable bonds is 4. The Labute approximate surface area is 147 Å². The van der Waals surface area contributed by atoms with E-state index in [0.717, 1.165) is 37.8 Å². The summed E-state index contributed by atoms with van der Waals surface area (Å²) in [6.07, 6.45) is 6.55. The molecule has 1 atom stereocenters. The van der Waals surface area contributed by atoms with E-state index >= 15 is 0 Å². The Morgan fingerprint density at radius 3 is 2.60 bits per heavy atom. The first-order valence-electron chi connectivity index (χ1n) is 8.70. The van der Waals surface area contributed by atoms with Crippen molar-refractivity contribution < 1.29 is 9.72 Å². The fourth-order valence-electron chi connectivity index (χ4n) is 3.55. The highest BCUT2D eigenvalue weighted by molar-refractivity contribution is 5.79. The van der Waals surface area contributed by atoms with Gasteiger partial charge in [-0.15, -0.1) is 0 Å². The number of likely N-dealkylation sites (tertiary alicyclic amines) is 1. The van der Waals surface area contributed by atoms with E-state index in [0.29, 0.717) is 0 Å². The summed E-state index contributed by atoms with van der Waals surface area (Å²) in [4.78, 5) is 25.3. The monoisotopic (exact) mass is 341 g/mol. The third kappa shape index (κ3) is 3.90. The van der Waals surface area contributed by atoms with Crippen LogP contribution in [0.5, 0.6) is 0 Å². The summed E-state index contributed by atoms with van der Waals surface area (Å²) in [5.41, 5.74) is 2.03. The lowest BCUT2D eigenvalue weighted by Crippen LogP contribution is -2.36. The van der Waals surface area contributed by atoms with Crippen LogP contribution in [0.15, 0.2) is 42.6 Å². The molecular formula is C19H23N3O3. The van der Waals surface area contributed by atoms with Crippen molar-refractivity contribution in [3.63, 3.8) is 0 Å². The van der Waals surface area contributed by atoms with Gasteiger partial charge in [0, 0.05) is 37.6 Å². The standard InChI is InChI=1S/C19H23N3O3/c1-20-12-5-7-17(20)18-6-3-2-4-13-21(18)19(23)14-15-8-10-16(11-9-15)22(24)25/h5,7-12,18H,2-4,6,13-14H2,1H3/t18-/m1/s1. The summed E-state index contributed by atoms with van der Waals surface area (Å²) in [6.45, 7) is 0.766. The molecule has 0 saturated carbocycles. The molecule has 1 aliphatic rings. The van der Waals surface area contributed by atoms with E-state index in [-0.39, 0.29) is 24.1 Å². The lowest BCUT2D eigenvalue weighted by atomic mass is 10.0. The van der Waals surface area contributed by atoms with Gasteiger partial charge in [-0.3, -0.25) is 14.9 Å². The first-order chi connectivity index (χ1) is 12.1. The Hall–Kier alpha value is -2.63. The average molecular weight is 341 g/mol. The van der Waals surface area contributed by atoms with E-state index in [4.69, 9.17) is 0 Å². The van der Waals surface area contributed by atoms with Crippen molar-refractivity contribution in [3.05, 3.63) is 64.0 Å². The van der Waals surface area contributed by atoms with Crippen LogP contribution in [-0.2, 0) is 18.3 Å². The number of hydrogen-bond donors (Lipinski definition) is 0. The molecule has 1 aliphatic heterocycles. The number of amides is 1. The number of benzene rings is 1. The number of aryl methyl sites for hydroxylation is 1. The number of carbonyl (C=O) groups excluding carboxylic acids is 1. The van der Waals surface area contributed by atoms with Crippen molar-refractivity contribution in [2.24, 2.45) is 7.05 Å². The third-order valence-electron chi connectivity index (χ3n) is 4.90. The maximum atomic E-state index is 12.9. The number of nitrogens with zero attached hydrogens (tertiary/aromatic N) is 3. The number of non-ortho nitro benzene ring substituents is 1. The number of nitro benzene ring substituents is 1. The molecule has 3 rings (SSSR count). The van der Waals surface area contributed by atoms with Crippen LogP contribution in [0.1, 0.15) is 43.0 Å². The molecule has 132 valence electrons. The van der Waals surface area contributed by atoms with Crippen LogP contribution in [0.25, 0.3) is 0 Å². The minimum Gasteiger partial charge on any atom is -0.353 e. The normalized spacial score (nSPS) is 18.0. The number of nitro groups is 1. The molecule has 1 aromatic heterocycles. The molecule has 0 bridgehead atoms. The zero-order chi connectivity index (χ0) is 17.8. The quantitative estimate of drug-likeness (QED) is 0.630. The molecule has 0 radical (unpaired) electrons. The van der Waals surface area contributed by atoms with Crippen LogP contribution < -0.4 is 0 Å². The van der Waals surface area contributed by atoms with E-state index in [2.05, 4.69) is 10.6 Å². The van der Waals surface area contributed by atoms with Gasteiger partial charge in [0.2, 0.25) is 5.91 Å². The predicted molar refractivity (Wildman–Crippen MR) is 95.1 cm³/mol. The SMILES string of the molecule is Cn1cccc1[C@H]1CCCCCN1C(=O)Cc1ccc([N+](=O)[O-])cc1. The molecule has 2 heterocycles. The smallest absolute Gasteiger partial charge is 0.269 e. The second kappa shape index (κ2) is 7.51. The van der Waals surface area contributed by atoms with Gasteiger partial charge in [-0.25, -0.2) is 0 Å². The largest absolute Gasteiger partial charge is 0.353 e. The first kappa shape index (κ1) is 17.2. The minimum absolute atomic E-state index is 0.0488. The van der Waals surface area contributed by atoms with Crippen LogP contribution in [-0.4, -0.2) is 26.8 Å². The summed E-state index contributed by atoms with van der Waals surface area (Å²) in [5.74, 6) is 0.0851. The van der Waals surface area contributed by atoms with E-state index < -0.39 is 4.92 Å².